The second-order valence-corrected chi connectivity index (χ2v) is 4.74. The number of carbonyl (C=O) groups excluding carboxylic acids is 1. The standard InChI is InChI=1S/C14H23N3O2/c1-5-15-11-6-7-12(16-8-11)14(18)17-13(9-19-4)10(2)3/h6-8,10,13,15H,5,9H2,1-4H3,(H,17,18). The second kappa shape index (κ2) is 7.74. The SMILES string of the molecule is CCNc1ccc(C(=O)NC(COC)C(C)C)nc1. The number of nitrogens with zero attached hydrogens (tertiary/aromatic N) is 1. The molecule has 106 valence electrons. The maximum atomic E-state index is 12.1. The highest BCUT2D eigenvalue weighted by molar-refractivity contribution is 5.92. The number of hydrogen-bond donors (Lipinski definition) is 2. The van der Waals surface area contributed by atoms with Crippen molar-refractivity contribution in [2.75, 3.05) is 25.6 Å². The molecule has 2 N–H and O–H groups in total. The van der Waals surface area contributed by atoms with Gasteiger partial charge in [0.2, 0.25) is 0 Å². The zero-order valence-electron chi connectivity index (χ0n) is 12.1. The fourth-order valence-corrected chi connectivity index (χ4v) is 1.66. The van der Waals surface area contributed by atoms with Gasteiger partial charge in [-0.15, -0.1) is 0 Å². The van der Waals surface area contributed by atoms with Crippen molar-refractivity contribution in [1.82, 2.24) is 10.3 Å². The van der Waals surface area contributed by atoms with Crippen LogP contribution in [0.25, 0.3) is 0 Å². The number of amides is 1. The molecule has 0 saturated carbocycles. The van der Waals surface area contributed by atoms with Crippen LogP contribution >= 0.6 is 0 Å². The molecule has 1 heterocycles. The lowest BCUT2D eigenvalue weighted by molar-refractivity contribution is 0.0862. The van der Waals surface area contributed by atoms with Crippen LogP contribution in [0.4, 0.5) is 5.69 Å². The first-order valence-corrected chi connectivity index (χ1v) is 6.58. The third-order valence-corrected chi connectivity index (χ3v) is 2.84. The summed E-state index contributed by atoms with van der Waals surface area (Å²) in [4.78, 5) is 16.2. The summed E-state index contributed by atoms with van der Waals surface area (Å²) in [7, 11) is 1.63. The molecule has 1 aromatic heterocycles. The van der Waals surface area contributed by atoms with Crippen LogP contribution in [0.3, 0.4) is 0 Å². The second-order valence-electron chi connectivity index (χ2n) is 4.74. The first-order chi connectivity index (χ1) is 9.08. The molecule has 0 fully saturated rings. The molecule has 5 nitrogen and oxygen atoms in total. The molecule has 0 radical (unpaired) electrons. The van der Waals surface area contributed by atoms with E-state index in [-0.39, 0.29) is 11.9 Å². The summed E-state index contributed by atoms with van der Waals surface area (Å²) in [6, 6.07) is 3.57. The molecule has 0 spiro atoms. The van der Waals surface area contributed by atoms with Crippen molar-refractivity contribution >= 4 is 11.6 Å². The fourth-order valence-electron chi connectivity index (χ4n) is 1.66. The Hall–Kier alpha value is -1.62. The van der Waals surface area contributed by atoms with Crippen molar-refractivity contribution in [3.8, 4) is 0 Å². The van der Waals surface area contributed by atoms with E-state index < -0.39 is 0 Å². The average Bonchev–Trinajstić information content (AvgIpc) is 2.39. The molecule has 0 aliphatic rings. The van der Waals surface area contributed by atoms with Gasteiger partial charge in [0.1, 0.15) is 5.69 Å². The maximum absolute atomic E-state index is 12.1. The Bertz CT molecular complexity index is 390. The van der Waals surface area contributed by atoms with Crippen LogP contribution in [0, 0.1) is 5.92 Å². The van der Waals surface area contributed by atoms with Gasteiger partial charge in [0.25, 0.3) is 5.91 Å². The van der Waals surface area contributed by atoms with Crippen LogP contribution in [-0.4, -0.2) is 37.2 Å². The van der Waals surface area contributed by atoms with Crippen molar-refractivity contribution in [2.24, 2.45) is 5.92 Å². The van der Waals surface area contributed by atoms with Gasteiger partial charge in [0.15, 0.2) is 0 Å². The molecule has 1 amide bonds. The summed E-state index contributed by atoms with van der Waals surface area (Å²) in [6.45, 7) is 7.44. The van der Waals surface area contributed by atoms with Crippen molar-refractivity contribution in [3.63, 3.8) is 0 Å². The predicted molar refractivity (Wildman–Crippen MR) is 76.4 cm³/mol. The Labute approximate surface area is 114 Å². The first kappa shape index (κ1) is 15.4. The lowest BCUT2D eigenvalue weighted by Crippen LogP contribution is -2.41. The Kier molecular flexibility index (Phi) is 6.29. The first-order valence-electron chi connectivity index (χ1n) is 6.58. The summed E-state index contributed by atoms with van der Waals surface area (Å²) in [5.41, 5.74) is 1.33. The number of ether oxygens (including phenoxy) is 1. The molecule has 0 aliphatic carbocycles. The monoisotopic (exact) mass is 265 g/mol. The Morgan fingerprint density at radius 1 is 1.42 bits per heavy atom. The summed E-state index contributed by atoms with van der Waals surface area (Å²) < 4.78 is 5.11. The van der Waals surface area contributed by atoms with E-state index in [9.17, 15) is 4.79 Å². The minimum atomic E-state index is -0.168. The Morgan fingerprint density at radius 2 is 2.16 bits per heavy atom. The molecule has 0 bridgehead atoms. The number of rotatable bonds is 7. The highest BCUT2D eigenvalue weighted by atomic mass is 16.5. The topological polar surface area (TPSA) is 63.2 Å². The number of carbonyl (C=O) groups is 1. The van der Waals surface area contributed by atoms with Gasteiger partial charge in [0, 0.05) is 13.7 Å². The highest BCUT2D eigenvalue weighted by Gasteiger charge is 2.17. The van der Waals surface area contributed by atoms with Gasteiger partial charge in [-0.1, -0.05) is 13.8 Å². The molecule has 1 unspecified atom stereocenters. The zero-order chi connectivity index (χ0) is 14.3. The maximum Gasteiger partial charge on any atom is 0.270 e. The lowest BCUT2D eigenvalue weighted by Gasteiger charge is -2.21. The van der Waals surface area contributed by atoms with Gasteiger partial charge in [-0.25, -0.2) is 4.98 Å². The number of pyridine rings is 1. The van der Waals surface area contributed by atoms with Crippen LogP contribution in [0.5, 0.6) is 0 Å². The van der Waals surface area contributed by atoms with Gasteiger partial charge in [-0.3, -0.25) is 4.79 Å². The third-order valence-electron chi connectivity index (χ3n) is 2.84. The quantitative estimate of drug-likeness (QED) is 0.790. The van der Waals surface area contributed by atoms with Crippen molar-refractivity contribution in [2.45, 2.75) is 26.8 Å². The molecular weight excluding hydrogens is 242 g/mol. The molecule has 5 heteroatoms. The number of hydrogen-bond acceptors (Lipinski definition) is 4. The van der Waals surface area contributed by atoms with Gasteiger partial charge in [-0.2, -0.15) is 0 Å². The number of nitrogens with one attached hydrogen (secondary N) is 2. The van der Waals surface area contributed by atoms with Crippen molar-refractivity contribution in [3.05, 3.63) is 24.0 Å². The van der Waals surface area contributed by atoms with E-state index in [4.69, 9.17) is 4.74 Å². The van der Waals surface area contributed by atoms with Gasteiger partial charge < -0.3 is 15.4 Å². The van der Waals surface area contributed by atoms with Crippen molar-refractivity contribution < 1.29 is 9.53 Å². The van der Waals surface area contributed by atoms with E-state index >= 15 is 0 Å². The van der Waals surface area contributed by atoms with Crippen LogP contribution < -0.4 is 10.6 Å². The van der Waals surface area contributed by atoms with E-state index in [1.54, 1.807) is 19.4 Å². The van der Waals surface area contributed by atoms with Crippen LogP contribution in [0.15, 0.2) is 18.3 Å². The molecule has 19 heavy (non-hydrogen) atoms. The normalized spacial score (nSPS) is 12.3. The lowest BCUT2D eigenvalue weighted by atomic mass is 10.1. The summed E-state index contributed by atoms with van der Waals surface area (Å²) in [5, 5.41) is 6.08. The molecule has 0 aliphatic heterocycles. The zero-order valence-corrected chi connectivity index (χ0v) is 12.1. The summed E-state index contributed by atoms with van der Waals surface area (Å²) in [5.74, 6) is 0.142. The fraction of sp³-hybridized carbons (Fsp3) is 0.571. The van der Waals surface area contributed by atoms with Crippen LogP contribution in [0.2, 0.25) is 0 Å². The van der Waals surface area contributed by atoms with Gasteiger partial charge in [0.05, 0.1) is 24.5 Å². The number of anilines is 1. The molecule has 0 saturated heterocycles. The Balaban J connectivity index is 2.66. The summed E-state index contributed by atoms with van der Waals surface area (Å²) in [6.07, 6.45) is 1.67. The highest BCUT2D eigenvalue weighted by Crippen LogP contribution is 2.07. The van der Waals surface area contributed by atoms with E-state index in [0.717, 1.165) is 12.2 Å². The smallest absolute Gasteiger partial charge is 0.270 e. The van der Waals surface area contributed by atoms with E-state index in [2.05, 4.69) is 15.6 Å². The van der Waals surface area contributed by atoms with E-state index in [1.165, 1.54) is 0 Å². The third kappa shape index (κ3) is 4.87. The largest absolute Gasteiger partial charge is 0.384 e. The summed E-state index contributed by atoms with van der Waals surface area (Å²) >= 11 is 0. The molecule has 1 atom stereocenters. The van der Waals surface area contributed by atoms with Gasteiger partial charge in [-0.05, 0) is 25.0 Å². The predicted octanol–water partition coefficient (Wildman–Crippen LogP) is 1.91. The van der Waals surface area contributed by atoms with E-state index in [0.29, 0.717) is 18.2 Å². The molecule has 1 rings (SSSR count). The molecule has 1 aromatic rings. The molecular formula is C14H23N3O2. The minimum absolute atomic E-state index is 0.00672. The van der Waals surface area contributed by atoms with Crippen molar-refractivity contribution in [1.29, 1.82) is 0 Å². The van der Waals surface area contributed by atoms with Crippen LogP contribution in [0.1, 0.15) is 31.3 Å². The minimum Gasteiger partial charge on any atom is -0.384 e. The van der Waals surface area contributed by atoms with E-state index in [1.807, 2.05) is 26.8 Å². The van der Waals surface area contributed by atoms with Crippen LogP contribution in [-0.2, 0) is 4.74 Å². The molecule has 0 aromatic carbocycles. The number of methoxy groups -OCH3 is 1. The van der Waals surface area contributed by atoms with Gasteiger partial charge >= 0.3 is 0 Å². The average molecular weight is 265 g/mol. The number of aromatic nitrogens is 1. The Morgan fingerprint density at radius 3 is 2.63 bits per heavy atom.